The number of amides is 1. The van der Waals surface area contributed by atoms with Crippen molar-refractivity contribution in [2.75, 3.05) is 20.1 Å². The average molecular weight is 415 g/mol. The van der Waals surface area contributed by atoms with E-state index in [1.54, 1.807) is 4.52 Å². The number of carbonyl (C=O) groups excluding carboxylic acids is 1. The number of aromatic amines is 1. The van der Waals surface area contributed by atoms with Crippen molar-refractivity contribution < 1.29 is 9.53 Å². The first kappa shape index (κ1) is 19.4. The fraction of sp³-hybridized carbons (Fsp3) is 0.250. The molecule has 3 heterocycles. The van der Waals surface area contributed by atoms with Crippen LogP contribution in [0.25, 0.3) is 16.9 Å². The zero-order valence-electron chi connectivity index (χ0n) is 17.6. The Kier molecular flexibility index (Phi) is 4.75. The summed E-state index contributed by atoms with van der Waals surface area (Å²) in [5.74, 6) is 1.37. The second-order valence-corrected chi connectivity index (χ2v) is 8.25. The van der Waals surface area contributed by atoms with Crippen molar-refractivity contribution >= 4 is 11.6 Å². The molecule has 2 aromatic heterocycles. The maximum Gasteiger partial charge on any atom is 0.269 e. The van der Waals surface area contributed by atoms with E-state index >= 15 is 0 Å². The molecule has 158 valence electrons. The van der Waals surface area contributed by atoms with Crippen molar-refractivity contribution in [1.82, 2.24) is 19.5 Å². The van der Waals surface area contributed by atoms with Crippen LogP contribution in [0, 0.1) is 6.92 Å². The van der Waals surface area contributed by atoms with E-state index in [0.29, 0.717) is 23.1 Å². The number of likely N-dealkylation sites (N-methyl/N-ethyl adjacent to an activating group) is 1. The zero-order chi connectivity index (χ0) is 21.5. The van der Waals surface area contributed by atoms with E-state index in [1.807, 2.05) is 61.7 Å². The topological polar surface area (TPSA) is 88.7 Å². The molecule has 7 heteroatoms. The molecule has 1 fully saturated rings. The minimum atomic E-state index is -0.514. The van der Waals surface area contributed by atoms with Crippen LogP contribution in [-0.2, 0) is 0 Å². The molecular weight excluding hydrogens is 390 g/mol. The van der Waals surface area contributed by atoms with Gasteiger partial charge in [-0.25, -0.2) is 9.50 Å². The molecule has 0 spiro atoms. The smallest absolute Gasteiger partial charge is 0.269 e. The SMILES string of the molecule is Cc1ccc(Oc2ccc(-c3nc4c(C5CCN(C)C5)c[nH]n4c3C(N)=O)cc2)cc1. The molecule has 0 bridgehead atoms. The third-order valence-electron chi connectivity index (χ3n) is 5.93. The Morgan fingerprint density at radius 3 is 2.42 bits per heavy atom. The lowest BCUT2D eigenvalue weighted by molar-refractivity contribution is 0.0994. The van der Waals surface area contributed by atoms with Crippen LogP contribution in [0.2, 0.25) is 0 Å². The second-order valence-electron chi connectivity index (χ2n) is 8.25. The highest BCUT2D eigenvalue weighted by Gasteiger charge is 2.28. The summed E-state index contributed by atoms with van der Waals surface area (Å²) in [6, 6.07) is 15.5. The highest BCUT2D eigenvalue weighted by molar-refractivity contribution is 5.98. The van der Waals surface area contributed by atoms with E-state index in [1.165, 1.54) is 5.56 Å². The van der Waals surface area contributed by atoms with Gasteiger partial charge in [0.2, 0.25) is 0 Å². The number of aromatic nitrogens is 3. The maximum atomic E-state index is 12.3. The van der Waals surface area contributed by atoms with Crippen molar-refractivity contribution in [3.8, 4) is 22.8 Å². The van der Waals surface area contributed by atoms with Crippen LogP contribution < -0.4 is 10.5 Å². The molecule has 0 radical (unpaired) electrons. The third kappa shape index (κ3) is 3.57. The molecule has 1 aliphatic rings. The number of likely N-dealkylation sites (tertiary alicyclic amines) is 1. The van der Waals surface area contributed by atoms with E-state index in [-0.39, 0.29) is 0 Å². The normalized spacial score (nSPS) is 16.8. The molecule has 1 saturated heterocycles. The van der Waals surface area contributed by atoms with E-state index in [9.17, 15) is 4.79 Å². The summed E-state index contributed by atoms with van der Waals surface area (Å²) >= 11 is 0. The summed E-state index contributed by atoms with van der Waals surface area (Å²) in [5, 5.41) is 3.18. The maximum absolute atomic E-state index is 12.3. The van der Waals surface area contributed by atoms with E-state index in [0.717, 1.165) is 42.0 Å². The Morgan fingerprint density at radius 1 is 1.13 bits per heavy atom. The summed E-state index contributed by atoms with van der Waals surface area (Å²) in [6.45, 7) is 4.07. The Bertz CT molecular complexity index is 1240. The molecular formula is C24H25N5O2. The molecule has 5 rings (SSSR count). The number of benzene rings is 2. The number of nitrogens with two attached hydrogens (primary N) is 1. The number of rotatable bonds is 5. The Labute approximate surface area is 180 Å². The molecule has 31 heavy (non-hydrogen) atoms. The molecule has 1 amide bonds. The summed E-state index contributed by atoms with van der Waals surface area (Å²) in [6.07, 6.45) is 3.02. The first-order valence-electron chi connectivity index (χ1n) is 10.4. The average Bonchev–Trinajstić information content (AvgIpc) is 3.45. The second kappa shape index (κ2) is 7.59. The van der Waals surface area contributed by atoms with Gasteiger partial charge < -0.3 is 15.4 Å². The molecule has 3 N–H and O–H groups in total. The standard InChI is InChI=1S/C24H25N5O2/c1-15-3-7-18(8-4-15)31-19-9-5-16(6-10-19)21-22(23(25)30)29-24(27-21)20(13-26-29)17-11-12-28(2)14-17/h3-10,13,17,26H,11-12,14H2,1-2H3,(H2,25,30). The van der Waals surface area contributed by atoms with E-state index < -0.39 is 5.91 Å². The van der Waals surface area contributed by atoms with E-state index in [2.05, 4.69) is 17.0 Å². The van der Waals surface area contributed by atoms with Crippen molar-refractivity contribution in [3.05, 3.63) is 71.5 Å². The number of fused-ring (bicyclic) bond motifs is 1. The van der Waals surface area contributed by atoms with Crippen molar-refractivity contribution in [2.24, 2.45) is 5.73 Å². The summed E-state index contributed by atoms with van der Waals surface area (Å²) in [4.78, 5) is 19.4. The van der Waals surface area contributed by atoms with Gasteiger partial charge in [0.05, 0.1) is 0 Å². The van der Waals surface area contributed by atoms with Gasteiger partial charge in [-0.2, -0.15) is 0 Å². The van der Waals surface area contributed by atoms with Gasteiger partial charge in [0.25, 0.3) is 5.91 Å². The van der Waals surface area contributed by atoms with Gasteiger partial charge in [-0.15, -0.1) is 0 Å². The Morgan fingerprint density at radius 2 is 1.81 bits per heavy atom. The number of hydrogen-bond acceptors (Lipinski definition) is 4. The molecule has 2 aromatic carbocycles. The van der Waals surface area contributed by atoms with Gasteiger partial charge in [0.1, 0.15) is 17.2 Å². The summed E-state index contributed by atoms with van der Waals surface area (Å²) in [7, 11) is 2.12. The number of nitrogens with zero attached hydrogens (tertiary/aromatic N) is 3. The first-order valence-corrected chi connectivity index (χ1v) is 10.4. The Balaban J connectivity index is 1.49. The summed E-state index contributed by atoms with van der Waals surface area (Å²) in [5.41, 5.74) is 10.6. The fourth-order valence-corrected chi connectivity index (χ4v) is 4.28. The Hall–Kier alpha value is -3.58. The van der Waals surface area contributed by atoms with Crippen molar-refractivity contribution in [2.45, 2.75) is 19.3 Å². The van der Waals surface area contributed by atoms with Gasteiger partial charge in [-0.05, 0) is 63.3 Å². The lowest BCUT2D eigenvalue weighted by atomic mass is 10.0. The fourth-order valence-electron chi connectivity index (χ4n) is 4.28. The third-order valence-corrected chi connectivity index (χ3v) is 5.93. The molecule has 1 unspecified atom stereocenters. The van der Waals surface area contributed by atoms with Crippen LogP contribution in [0.1, 0.15) is 34.0 Å². The van der Waals surface area contributed by atoms with Gasteiger partial charge >= 0.3 is 0 Å². The highest BCUT2D eigenvalue weighted by atomic mass is 16.5. The minimum Gasteiger partial charge on any atom is -0.457 e. The van der Waals surface area contributed by atoms with Crippen LogP contribution in [0.3, 0.4) is 0 Å². The number of hydrogen-bond donors (Lipinski definition) is 2. The summed E-state index contributed by atoms with van der Waals surface area (Å²) < 4.78 is 7.62. The quantitative estimate of drug-likeness (QED) is 0.517. The van der Waals surface area contributed by atoms with Crippen LogP contribution >= 0.6 is 0 Å². The van der Waals surface area contributed by atoms with Gasteiger partial charge in [0, 0.05) is 29.8 Å². The van der Waals surface area contributed by atoms with Crippen LogP contribution in [0.5, 0.6) is 11.5 Å². The monoisotopic (exact) mass is 415 g/mol. The number of nitrogens with one attached hydrogen (secondary N) is 1. The molecule has 0 aliphatic carbocycles. The molecule has 1 aliphatic heterocycles. The number of carbonyl (C=O) groups is 1. The predicted octanol–water partition coefficient (Wildman–Crippen LogP) is 3.95. The lowest BCUT2D eigenvalue weighted by Crippen LogP contribution is -2.15. The van der Waals surface area contributed by atoms with Gasteiger partial charge in [0.15, 0.2) is 11.3 Å². The van der Waals surface area contributed by atoms with Crippen LogP contribution in [-0.4, -0.2) is 45.5 Å². The number of aryl methyl sites for hydroxylation is 1. The van der Waals surface area contributed by atoms with Crippen molar-refractivity contribution in [1.29, 1.82) is 0 Å². The predicted molar refractivity (Wildman–Crippen MR) is 120 cm³/mol. The number of primary amides is 1. The first-order chi connectivity index (χ1) is 15.0. The van der Waals surface area contributed by atoms with Crippen molar-refractivity contribution in [3.63, 3.8) is 0 Å². The van der Waals surface area contributed by atoms with Gasteiger partial charge in [-0.1, -0.05) is 17.7 Å². The zero-order valence-corrected chi connectivity index (χ0v) is 17.6. The van der Waals surface area contributed by atoms with Crippen LogP contribution in [0.4, 0.5) is 0 Å². The molecule has 1 atom stereocenters. The van der Waals surface area contributed by atoms with Crippen LogP contribution in [0.15, 0.2) is 54.7 Å². The number of H-pyrrole nitrogens is 1. The number of imidazole rings is 1. The van der Waals surface area contributed by atoms with Gasteiger partial charge in [-0.3, -0.25) is 9.89 Å². The molecule has 0 saturated carbocycles. The molecule has 7 nitrogen and oxygen atoms in total. The number of ether oxygens (including phenoxy) is 1. The molecule has 4 aromatic rings. The minimum absolute atomic E-state index is 0.361. The largest absolute Gasteiger partial charge is 0.457 e. The highest BCUT2D eigenvalue weighted by Crippen LogP contribution is 2.33. The van der Waals surface area contributed by atoms with E-state index in [4.69, 9.17) is 15.5 Å². The lowest BCUT2D eigenvalue weighted by Gasteiger charge is -2.08.